The second-order valence-corrected chi connectivity index (χ2v) is 7.84. The molecular weight excluding hydrogens is 330 g/mol. The number of nitrogens with zero attached hydrogens (tertiary/aromatic N) is 4. The van der Waals surface area contributed by atoms with Crippen molar-refractivity contribution in [1.82, 2.24) is 14.9 Å². The summed E-state index contributed by atoms with van der Waals surface area (Å²) in [5.41, 5.74) is 0.998. The molecule has 2 aromatic rings. The maximum absolute atomic E-state index is 12.7. The molecule has 3 rings (SSSR count). The lowest BCUT2D eigenvalue weighted by Crippen LogP contribution is -2.33. The van der Waals surface area contributed by atoms with Crippen LogP contribution in [0.2, 0.25) is 0 Å². The summed E-state index contributed by atoms with van der Waals surface area (Å²) >= 11 is 3.15. The summed E-state index contributed by atoms with van der Waals surface area (Å²) in [6.07, 6.45) is 0.974. The molecule has 1 aromatic heterocycles. The largest absolute Gasteiger partial charge is 0.336 e. The molecule has 0 saturated heterocycles. The van der Waals surface area contributed by atoms with Crippen molar-refractivity contribution in [2.45, 2.75) is 35.6 Å². The Morgan fingerprint density at radius 1 is 1.43 bits per heavy atom. The van der Waals surface area contributed by atoms with Crippen LogP contribution < -0.4 is 10.7 Å². The van der Waals surface area contributed by atoms with Gasteiger partial charge in [0.1, 0.15) is 5.82 Å². The Morgan fingerprint density at radius 2 is 2.22 bits per heavy atom. The van der Waals surface area contributed by atoms with Gasteiger partial charge in [-0.3, -0.25) is 4.79 Å². The fourth-order valence-electron chi connectivity index (χ4n) is 2.40. The standard InChI is InChI=1S/C15H19N5OS2/c1-10-7-8-19(12-5-3-4-6-13(12)23-10)14(21)9-22-15-18-17-11(2)20(15)16/h3-6,10H,7-9,16H2,1-2H3/t10-/m0/s1. The second-order valence-electron chi connectivity index (χ2n) is 5.42. The maximum atomic E-state index is 12.7. The third-order valence-electron chi connectivity index (χ3n) is 3.70. The molecule has 0 aliphatic carbocycles. The molecule has 6 nitrogen and oxygen atoms in total. The van der Waals surface area contributed by atoms with Crippen molar-refractivity contribution in [2.24, 2.45) is 0 Å². The normalized spacial score (nSPS) is 17.7. The van der Waals surface area contributed by atoms with Gasteiger partial charge < -0.3 is 10.7 Å². The number of carbonyl (C=O) groups excluding carboxylic acids is 1. The number of nitrogen functional groups attached to an aromatic ring is 1. The molecule has 8 heteroatoms. The Morgan fingerprint density at radius 3 is 2.96 bits per heavy atom. The van der Waals surface area contributed by atoms with Crippen molar-refractivity contribution in [1.29, 1.82) is 0 Å². The quantitative estimate of drug-likeness (QED) is 0.677. The highest BCUT2D eigenvalue weighted by Gasteiger charge is 2.24. The predicted molar refractivity (Wildman–Crippen MR) is 94.4 cm³/mol. The van der Waals surface area contributed by atoms with Crippen LogP contribution in [0.15, 0.2) is 34.3 Å². The fraction of sp³-hybridized carbons (Fsp3) is 0.400. The summed E-state index contributed by atoms with van der Waals surface area (Å²) in [6, 6.07) is 8.08. The van der Waals surface area contributed by atoms with Gasteiger partial charge in [0.25, 0.3) is 0 Å². The first-order valence-electron chi connectivity index (χ1n) is 7.42. The number of amides is 1. The number of benzene rings is 1. The van der Waals surface area contributed by atoms with Gasteiger partial charge in [-0.2, -0.15) is 0 Å². The second kappa shape index (κ2) is 6.84. The van der Waals surface area contributed by atoms with Gasteiger partial charge in [0.05, 0.1) is 11.4 Å². The van der Waals surface area contributed by atoms with Crippen LogP contribution in [0, 0.1) is 6.92 Å². The van der Waals surface area contributed by atoms with Crippen LogP contribution in [0.1, 0.15) is 19.2 Å². The summed E-state index contributed by atoms with van der Waals surface area (Å²) in [4.78, 5) is 15.7. The lowest BCUT2D eigenvalue weighted by Gasteiger charge is -2.22. The molecule has 0 fully saturated rings. The molecule has 1 atom stereocenters. The molecule has 0 bridgehead atoms. The number of carbonyl (C=O) groups is 1. The highest BCUT2D eigenvalue weighted by Crippen LogP contribution is 2.37. The predicted octanol–water partition coefficient (Wildman–Crippen LogP) is 2.31. The van der Waals surface area contributed by atoms with E-state index in [2.05, 4.69) is 23.2 Å². The zero-order chi connectivity index (χ0) is 16.4. The van der Waals surface area contributed by atoms with E-state index in [0.29, 0.717) is 22.0 Å². The van der Waals surface area contributed by atoms with Crippen molar-refractivity contribution in [3.63, 3.8) is 0 Å². The van der Waals surface area contributed by atoms with E-state index < -0.39 is 0 Å². The van der Waals surface area contributed by atoms with E-state index in [1.807, 2.05) is 34.9 Å². The highest BCUT2D eigenvalue weighted by molar-refractivity contribution is 8.00. The van der Waals surface area contributed by atoms with E-state index in [0.717, 1.165) is 23.5 Å². The van der Waals surface area contributed by atoms with E-state index in [4.69, 9.17) is 5.84 Å². The Hall–Kier alpha value is -1.67. The summed E-state index contributed by atoms with van der Waals surface area (Å²) in [7, 11) is 0. The zero-order valence-electron chi connectivity index (χ0n) is 13.1. The van der Waals surface area contributed by atoms with Gasteiger partial charge in [-0.25, -0.2) is 4.68 Å². The number of hydrogen-bond donors (Lipinski definition) is 1. The van der Waals surface area contributed by atoms with Crippen molar-refractivity contribution in [3.05, 3.63) is 30.1 Å². The van der Waals surface area contributed by atoms with E-state index >= 15 is 0 Å². The molecule has 2 heterocycles. The summed E-state index contributed by atoms with van der Waals surface area (Å²) in [5, 5.41) is 8.94. The summed E-state index contributed by atoms with van der Waals surface area (Å²) in [5.74, 6) is 6.82. The monoisotopic (exact) mass is 349 g/mol. The highest BCUT2D eigenvalue weighted by atomic mass is 32.2. The molecule has 1 aliphatic heterocycles. The van der Waals surface area contributed by atoms with Crippen LogP contribution in [-0.4, -0.2) is 38.3 Å². The van der Waals surface area contributed by atoms with Crippen LogP contribution in [-0.2, 0) is 4.79 Å². The Labute approximate surface area is 143 Å². The molecule has 23 heavy (non-hydrogen) atoms. The number of nitrogens with two attached hydrogens (primary N) is 1. The van der Waals surface area contributed by atoms with Gasteiger partial charge in [0, 0.05) is 16.7 Å². The molecule has 2 N–H and O–H groups in total. The van der Waals surface area contributed by atoms with E-state index in [1.165, 1.54) is 16.4 Å². The van der Waals surface area contributed by atoms with Crippen LogP contribution >= 0.6 is 23.5 Å². The van der Waals surface area contributed by atoms with Crippen LogP contribution in [0.5, 0.6) is 0 Å². The minimum Gasteiger partial charge on any atom is -0.336 e. The van der Waals surface area contributed by atoms with E-state index in [-0.39, 0.29) is 5.91 Å². The molecule has 122 valence electrons. The lowest BCUT2D eigenvalue weighted by molar-refractivity contribution is -0.116. The minimum atomic E-state index is 0.0674. The number of hydrogen-bond acceptors (Lipinski definition) is 6. The number of fused-ring (bicyclic) bond motifs is 1. The van der Waals surface area contributed by atoms with E-state index in [9.17, 15) is 4.79 Å². The number of para-hydroxylation sites is 1. The molecule has 0 spiro atoms. The first-order chi connectivity index (χ1) is 11.1. The van der Waals surface area contributed by atoms with Gasteiger partial charge in [-0.15, -0.1) is 22.0 Å². The number of thioether (sulfide) groups is 2. The van der Waals surface area contributed by atoms with Crippen molar-refractivity contribution in [3.8, 4) is 0 Å². The van der Waals surface area contributed by atoms with Crippen LogP contribution in [0.4, 0.5) is 5.69 Å². The molecule has 1 aromatic carbocycles. The Balaban J connectivity index is 1.75. The average Bonchev–Trinajstić information content (AvgIpc) is 2.76. The zero-order valence-corrected chi connectivity index (χ0v) is 14.7. The average molecular weight is 349 g/mol. The smallest absolute Gasteiger partial charge is 0.237 e. The first kappa shape index (κ1) is 16.2. The van der Waals surface area contributed by atoms with Crippen molar-refractivity contribution >= 4 is 35.1 Å². The van der Waals surface area contributed by atoms with E-state index in [1.54, 1.807) is 6.92 Å². The molecular formula is C15H19N5OS2. The lowest BCUT2D eigenvalue weighted by atomic mass is 10.2. The Kier molecular flexibility index (Phi) is 4.82. The topological polar surface area (TPSA) is 77.0 Å². The van der Waals surface area contributed by atoms with Crippen molar-refractivity contribution in [2.75, 3.05) is 23.0 Å². The molecule has 1 amide bonds. The van der Waals surface area contributed by atoms with Crippen molar-refractivity contribution < 1.29 is 4.79 Å². The number of aromatic nitrogens is 3. The van der Waals surface area contributed by atoms with Gasteiger partial charge in [0.2, 0.25) is 11.1 Å². The first-order valence-corrected chi connectivity index (χ1v) is 9.28. The van der Waals surface area contributed by atoms with Gasteiger partial charge in [-0.05, 0) is 25.5 Å². The fourth-order valence-corrected chi connectivity index (χ4v) is 4.29. The van der Waals surface area contributed by atoms with Crippen LogP contribution in [0.3, 0.4) is 0 Å². The summed E-state index contributed by atoms with van der Waals surface area (Å²) < 4.78 is 1.41. The molecule has 1 aliphatic rings. The van der Waals surface area contributed by atoms with Gasteiger partial charge in [0.15, 0.2) is 0 Å². The van der Waals surface area contributed by atoms with Gasteiger partial charge >= 0.3 is 0 Å². The maximum Gasteiger partial charge on any atom is 0.237 e. The third kappa shape index (κ3) is 3.48. The number of anilines is 1. The molecule has 0 saturated carbocycles. The number of aryl methyl sites for hydroxylation is 1. The minimum absolute atomic E-state index is 0.0674. The molecule has 0 unspecified atom stereocenters. The molecule has 0 radical (unpaired) electrons. The van der Waals surface area contributed by atoms with Crippen LogP contribution in [0.25, 0.3) is 0 Å². The third-order valence-corrected chi connectivity index (χ3v) is 5.87. The Bertz CT molecular complexity index is 718. The SMILES string of the molecule is Cc1nnc(SCC(=O)N2CC[C@H](C)Sc3ccccc32)n1N. The van der Waals surface area contributed by atoms with Gasteiger partial charge in [-0.1, -0.05) is 30.8 Å². The number of rotatable bonds is 3. The summed E-state index contributed by atoms with van der Waals surface area (Å²) in [6.45, 7) is 4.71.